The molecule has 0 saturated carbocycles. The summed E-state index contributed by atoms with van der Waals surface area (Å²) in [4.78, 5) is 5.37. The topological polar surface area (TPSA) is 19.8 Å². The molecule has 0 atom stereocenters. The average Bonchev–Trinajstić information content (AvgIpc) is 3.36. The number of hydrogen-bond donors (Lipinski definition) is 0. The van der Waals surface area contributed by atoms with Crippen molar-refractivity contribution in [2.75, 3.05) is 7.05 Å². The number of fused-ring (bicyclic) bond motifs is 2. The van der Waals surface area contributed by atoms with Gasteiger partial charge in [0.05, 0.1) is 5.56 Å². The fraction of sp³-hybridized carbons (Fsp3) is 0.0345. The van der Waals surface area contributed by atoms with Gasteiger partial charge in [-0.2, -0.15) is 4.58 Å². The molecule has 0 radical (unpaired) electrons. The van der Waals surface area contributed by atoms with E-state index in [1.807, 2.05) is 6.07 Å². The predicted molar refractivity (Wildman–Crippen MR) is 132 cm³/mol. The summed E-state index contributed by atoms with van der Waals surface area (Å²) in [5.74, 6) is 0.945. The van der Waals surface area contributed by atoms with Crippen LogP contribution in [0.25, 0.3) is 16.6 Å². The van der Waals surface area contributed by atoms with Gasteiger partial charge in [-0.25, -0.2) is 4.99 Å². The van der Waals surface area contributed by atoms with Crippen molar-refractivity contribution in [2.24, 2.45) is 4.99 Å². The van der Waals surface area contributed by atoms with Crippen molar-refractivity contribution in [1.29, 1.82) is 0 Å². The lowest BCUT2D eigenvalue weighted by Gasteiger charge is -2.05. The van der Waals surface area contributed by atoms with Crippen LogP contribution in [-0.4, -0.2) is 27.4 Å². The second kappa shape index (κ2) is 7.47. The molecule has 1 aliphatic heterocycles. The van der Waals surface area contributed by atoms with Crippen molar-refractivity contribution in [1.82, 2.24) is 4.40 Å². The Bertz CT molecular complexity index is 1510. The zero-order valence-electron chi connectivity index (χ0n) is 17.8. The lowest BCUT2D eigenvalue weighted by atomic mass is 10.0. The van der Waals surface area contributed by atoms with Gasteiger partial charge in [-0.15, -0.1) is 0 Å². The van der Waals surface area contributed by atoms with Gasteiger partial charge in [0.2, 0.25) is 11.4 Å². The summed E-state index contributed by atoms with van der Waals surface area (Å²) in [6.07, 6.45) is 2.09. The largest absolute Gasteiger partial charge is 0.301 e. The van der Waals surface area contributed by atoms with Crippen LogP contribution < -0.4 is 0 Å². The molecule has 3 aromatic carbocycles. The second-order valence-corrected chi connectivity index (χ2v) is 7.99. The summed E-state index contributed by atoms with van der Waals surface area (Å²) >= 11 is 0. The van der Waals surface area contributed by atoms with Crippen LogP contribution in [0.3, 0.4) is 0 Å². The van der Waals surface area contributed by atoms with Crippen molar-refractivity contribution in [3.05, 3.63) is 127 Å². The van der Waals surface area contributed by atoms with Gasteiger partial charge in [0.1, 0.15) is 12.9 Å². The van der Waals surface area contributed by atoms with Crippen LogP contribution in [0, 0.1) is 0 Å². The van der Waals surface area contributed by atoms with E-state index in [9.17, 15) is 0 Å². The van der Waals surface area contributed by atoms with Crippen LogP contribution in [0.2, 0.25) is 0 Å². The Morgan fingerprint density at radius 1 is 0.656 bits per heavy atom. The third-order valence-electron chi connectivity index (χ3n) is 6.08. The molecule has 0 unspecified atom stereocenters. The molecule has 152 valence electrons. The Hall–Kier alpha value is -4.24. The lowest BCUT2D eigenvalue weighted by Crippen LogP contribution is -2.18. The van der Waals surface area contributed by atoms with E-state index in [4.69, 9.17) is 4.99 Å². The van der Waals surface area contributed by atoms with Crippen LogP contribution in [0.1, 0.15) is 11.1 Å². The van der Waals surface area contributed by atoms with Gasteiger partial charge in [0.15, 0.2) is 5.71 Å². The summed E-state index contributed by atoms with van der Waals surface area (Å²) < 4.78 is 4.43. The minimum Gasteiger partial charge on any atom is -0.301 e. The number of rotatable bonds is 3. The minimum absolute atomic E-state index is 0.945. The smallest absolute Gasteiger partial charge is 0.239 e. The highest BCUT2D eigenvalue weighted by Gasteiger charge is 2.35. The molecule has 3 nitrogen and oxygen atoms in total. The van der Waals surface area contributed by atoms with E-state index in [0.29, 0.717) is 0 Å². The number of para-hydroxylation sites is 1. The van der Waals surface area contributed by atoms with Gasteiger partial charge in [0, 0.05) is 28.9 Å². The quantitative estimate of drug-likeness (QED) is 0.301. The molecule has 6 rings (SSSR count). The third-order valence-corrected chi connectivity index (χ3v) is 6.08. The summed E-state index contributed by atoms with van der Waals surface area (Å²) in [6, 6.07) is 38.0. The van der Waals surface area contributed by atoms with E-state index >= 15 is 0 Å². The summed E-state index contributed by atoms with van der Waals surface area (Å²) in [5.41, 5.74) is 9.02. The molecule has 3 heteroatoms. The summed E-state index contributed by atoms with van der Waals surface area (Å²) in [7, 11) is 2.12. The van der Waals surface area contributed by atoms with E-state index in [2.05, 4.69) is 125 Å². The van der Waals surface area contributed by atoms with E-state index in [-0.39, 0.29) is 0 Å². The van der Waals surface area contributed by atoms with Crippen LogP contribution >= 0.6 is 0 Å². The molecule has 5 aromatic rings. The maximum absolute atomic E-state index is 5.37. The molecule has 0 bridgehead atoms. The molecule has 0 amide bonds. The number of hydrogen-bond acceptors (Lipinski definition) is 1. The van der Waals surface area contributed by atoms with Gasteiger partial charge in [-0.3, -0.25) is 0 Å². The first-order valence-electron chi connectivity index (χ1n) is 10.8. The minimum atomic E-state index is 0.945. The van der Waals surface area contributed by atoms with Gasteiger partial charge in [-0.05, 0) is 42.0 Å². The number of benzene rings is 3. The Morgan fingerprint density at radius 3 is 2.09 bits per heavy atom. The fourth-order valence-corrected chi connectivity index (χ4v) is 4.57. The zero-order chi connectivity index (χ0) is 21.5. The number of nitrogens with zero attached hydrogens (tertiary/aromatic N) is 3. The van der Waals surface area contributed by atoms with Crippen LogP contribution in [0.15, 0.2) is 120 Å². The normalized spacial score (nSPS) is 14.3. The molecule has 0 aliphatic carbocycles. The highest BCUT2D eigenvalue weighted by atomic mass is 15.1. The second-order valence-electron chi connectivity index (χ2n) is 7.99. The molecule has 0 saturated heterocycles. The summed E-state index contributed by atoms with van der Waals surface area (Å²) in [5, 5.41) is 0. The zero-order valence-corrected chi connectivity index (χ0v) is 17.8. The van der Waals surface area contributed by atoms with Gasteiger partial charge in [0.25, 0.3) is 0 Å². The van der Waals surface area contributed by atoms with Crippen molar-refractivity contribution in [3.63, 3.8) is 0 Å². The molecule has 0 fully saturated rings. The SMILES string of the molecule is C[N+]1=C(c2ccccc2)C(=Nc2c(-c3ccccc3)cc3ccccn23)c2ccccc21. The third kappa shape index (κ3) is 2.90. The van der Waals surface area contributed by atoms with Crippen molar-refractivity contribution in [3.8, 4) is 11.1 Å². The molecular formula is C29H22N3+. The first-order chi connectivity index (χ1) is 15.8. The van der Waals surface area contributed by atoms with Crippen LogP contribution in [-0.2, 0) is 0 Å². The van der Waals surface area contributed by atoms with Crippen molar-refractivity contribution < 1.29 is 4.58 Å². The van der Waals surface area contributed by atoms with Gasteiger partial charge in [-0.1, -0.05) is 66.7 Å². The van der Waals surface area contributed by atoms with Crippen LogP contribution in [0.5, 0.6) is 0 Å². The Morgan fingerprint density at radius 2 is 1.31 bits per heavy atom. The number of aromatic nitrogens is 1. The highest BCUT2D eigenvalue weighted by molar-refractivity contribution is 6.54. The summed E-state index contributed by atoms with van der Waals surface area (Å²) in [6.45, 7) is 0. The van der Waals surface area contributed by atoms with E-state index in [1.54, 1.807) is 0 Å². The van der Waals surface area contributed by atoms with E-state index in [0.717, 1.165) is 45.0 Å². The fourth-order valence-electron chi connectivity index (χ4n) is 4.57. The van der Waals surface area contributed by atoms with Gasteiger partial charge < -0.3 is 4.40 Å². The predicted octanol–water partition coefficient (Wildman–Crippen LogP) is 6.50. The van der Waals surface area contributed by atoms with E-state index in [1.165, 1.54) is 5.69 Å². The first kappa shape index (κ1) is 18.5. The molecular weight excluding hydrogens is 390 g/mol. The Balaban J connectivity index is 1.66. The Labute approximate surface area is 187 Å². The number of aliphatic imine (C=N–C) groups is 1. The molecule has 2 aromatic heterocycles. The van der Waals surface area contributed by atoms with E-state index < -0.39 is 0 Å². The maximum atomic E-state index is 5.37. The van der Waals surface area contributed by atoms with Crippen molar-refractivity contribution in [2.45, 2.75) is 0 Å². The average molecular weight is 413 g/mol. The first-order valence-corrected chi connectivity index (χ1v) is 10.8. The van der Waals surface area contributed by atoms with Crippen LogP contribution in [0.4, 0.5) is 11.5 Å². The molecule has 32 heavy (non-hydrogen) atoms. The number of pyridine rings is 1. The molecule has 0 spiro atoms. The Kier molecular flexibility index (Phi) is 4.32. The van der Waals surface area contributed by atoms with Crippen molar-refractivity contribution >= 4 is 28.4 Å². The highest BCUT2D eigenvalue weighted by Crippen LogP contribution is 2.36. The standard InChI is InChI=1S/C29H22N3/c1-31-26-18-9-8-17-24(26)27(28(31)22-14-6-3-7-15-22)30-29-25(21-12-4-2-5-13-21)20-23-16-10-11-19-32(23)29/h2-20H,1H3/q+1. The lowest BCUT2D eigenvalue weighted by molar-refractivity contribution is -0.399. The van der Waals surface area contributed by atoms with Gasteiger partial charge >= 0.3 is 0 Å². The molecule has 3 heterocycles. The molecule has 0 N–H and O–H groups in total. The monoisotopic (exact) mass is 412 g/mol. The molecule has 1 aliphatic rings. The maximum Gasteiger partial charge on any atom is 0.239 e.